The van der Waals surface area contributed by atoms with Gasteiger partial charge < -0.3 is 19.9 Å². The summed E-state index contributed by atoms with van der Waals surface area (Å²) in [6, 6.07) is 2.74. The van der Waals surface area contributed by atoms with Crippen LogP contribution in [-0.4, -0.2) is 31.2 Å². The third-order valence-electron chi connectivity index (χ3n) is 4.28. The van der Waals surface area contributed by atoms with E-state index in [1.807, 2.05) is 5.38 Å². The predicted molar refractivity (Wildman–Crippen MR) is 95.4 cm³/mol. The average Bonchev–Trinajstić information content (AvgIpc) is 3.05. The van der Waals surface area contributed by atoms with Crippen molar-refractivity contribution < 1.29 is 24.2 Å². The molecular weight excluding hydrogens is 342 g/mol. The molecule has 0 atom stereocenters. The molecule has 0 saturated carbocycles. The van der Waals surface area contributed by atoms with Gasteiger partial charge in [-0.05, 0) is 43.4 Å². The van der Waals surface area contributed by atoms with E-state index in [1.54, 1.807) is 11.3 Å². The highest BCUT2D eigenvalue weighted by Crippen LogP contribution is 2.37. The minimum Gasteiger partial charge on any atom is -0.493 e. The summed E-state index contributed by atoms with van der Waals surface area (Å²) in [6.07, 6.45) is 4.14. The second-order valence-electron chi connectivity index (χ2n) is 5.78. The third kappa shape index (κ3) is 3.32. The van der Waals surface area contributed by atoms with Crippen molar-refractivity contribution in [1.82, 2.24) is 0 Å². The van der Waals surface area contributed by atoms with Gasteiger partial charge >= 0.3 is 5.97 Å². The first-order valence-corrected chi connectivity index (χ1v) is 8.83. The van der Waals surface area contributed by atoms with Gasteiger partial charge in [-0.15, -0.1) is 11.3 Å². The molecule has 1 aliphatic carbocycles. The van der Waals surface area contributed by atoms with E-state index in [9.17, 15) is 14.7 Å². The first-order valence-electron chi connectivity index (χ1n) is 7.95. The zero-order valence-corrected chi connectivity index (χ0v) is 14.9. The van der Waals surface area contributed by atoms with Crippen molar-refractivity contribution >= 4 is 28.9 Å². The van der Waals surface area contributed by atoms with E-state index in [4.69, 9.17) is 9.47 Å². The van der Waals surface area contributed by atoms with Gasteiger partial charge in [-0.2, -0.15) is 0 Å². The van der Waals surface area contributed by atoms with Crippen LogP contribution in [0.15, 0.2) is 17.5 Å². The summed E-state index contributed by atoms with van der Waals surface area (Å²) >= 11 is 1.61. The van der Waals surface area contributed by atoms with Crippen LogP contribution in [0.4, 0.5) is 5.69 Å². The molecule has 1 aromatic carbocycles. The Hall–Kier alpha value is -2.54. The molecular formula is C18H19NO5S. The molecule has 1 amide bonds. The number of aromatic carboxylic acids is 1. The molecule has 6 nitrogen and oxygen atoms in total. The van der Waals surface area contributed by atoms with Crippen molar-refractivity contribution in [2.24, 2.45) is 0 Å². The van der Waals surface area contributed by atoms with Crippen molar-refractivity contribution in [3.8, 4) is 11.5 Å². The number of hydrogen-bond donors (Lipinski definition) is 2. The molecule has 2 N–H and O–H groups in total. The molecule has 0 saturated heterocycles. The van der Waals surface area contributed by atoms with E-state index in [-0.39, 0.29) is 22.9 Å². The minimum absolute atomic E-state index is 0.0142. The van der Waals surface area contributed by atoms with Gasteiger partial charge in [-0.3, -0.25) is 4.79 Å². The molecule has 1 aromatic heterocycles. The van der Waals surface area contributed by atoms with Crippen LogP contribution in [0.1, 0.15) is 44.0 Å². The van der Waals surface area contributed by atoms with Gasteiger partial charge in [0.05, 0.1) is 31.0 Å². The number of carbonyl (C=O) groups excluding carboxylic acids is 1. The molecule has 0 bridgehead atoms. The number of aryl methyl sites for hydroxylation is 1. The average molecular weight is 361 g/mol. The zero-order chi connectivity index (χ0) is 18.0. The van der Waals surface area contributed by atoms with Crippen LogP contribution in [0, 0.1) is 0 Å². The Kier molecular flexibility index (Phi) is 4.94. The van der Waals surface area contributed by atoms with Gasteiger partial charge in [-0.1, -0.05) is 0 Å². The van der Waals surface area contributed by atoms with Crippen molar-refractivity contribution in [2.75, 3.05) is 19.5 Å². The topological polar surface area (TPSA) is 84.9 Å². The van der Waals surface area contributed by atoms with Crippen molar-refractivity contribution in [3.05, 3.63) is 39.1 Å². The van der Waals surface area contributed by atoms with Gasteiger partial charge in [0, 0.05) is 10.3 Å². The van der Waals surface area contributed by atoms with Crippen molar-refractivity contribution in [1.29, 1.82) is 0 Å². The number of rotatable bonds is 5. The number of ether oxygens (including phenoxy) is 2. The standard InChI is InChI=1S/C18H19NO5S/c1-23-14-8-10(18(21)22)7-13(16(14)24-2)19-17(20)12-9-25-15-6-4-3-5-11(12)15/h7-9H,3-6H2,1-2H3,(H,19,20)(H,21,22). The molecule has 0 unspecified atom stereocenters. The summed E-state index contributed by atoms with van der Waals surface area (Å²) in [6.45, 7) is 0. The van der Waals surface area contributed by atoms with Crippen LogP contribution in [0.5, 0.6) is 11.5 Å². The fraction of sp³-hybridized carbons (Fsp3) is 0.333. The maximum Gasteiger partial charge on any atom is 0.335 e. The van der Waals surface area contributed by atoms with Crippen LogP contribution >= 0.6 is 11.3 Å². The lowest BCUT2D eigenvalue weighted by Crippen LogP contribution is -2.16. The molecule has 1 aliphatic rings. The monoisotopic (exact) mass is 361 g/mol. The Morgan fingerprint density at radius 2 is 1.92 bits per heavy atom. The van der Waals surface area contributed by atoms with Crippen LogP contribution < -0.4 is 14.8 Å². The first kappa shape index (κ1) is 17.3. The molecule has 0 radical (unpaired) electrons. The lowest BCUT2D eigenvalue weighted by Gasteiger charge is -2.16. The number of fused-ring (bicyclic) bond motifs is 1. The van der Waals surface area contributed by atoms with Gasteiger partial charge in [0.2, 0.25) is 0 Å². The highest BCUT2D eigenvalue weighted by atomic mass is 32.1. The Bertz CT molecular complexity index is 827. The Morgan fingerprint density at radius 1 is 1.16 bits per heavy atom. The van der Waals surface area contributed by atoms with Crippen molar-refractivity contribution in [3.63, 3.8) is 0 Å². The van der Waals surface area contributed by atoms with Crippen LogP contribution in [0.2, 0.25) is 0 Å². The Morgan fingerprint density at radius 3 is 2.60 bits per heavy atom. The molecule has 132 valence electrons. The van der Waals surface area contributed by atoms with Crippen LogP contribution in [0.3, 0.4) is 0 Å². The Labute approximate surface area is 149 Å². The fourth-order valence-corrected chi connectivity index (χ4v) is 4.18. The summed E-state index contributed by atoms with van der Waals surface area (Å²) in [5.41, 5.74) is 2.05. The number of carbonyl (C=O) groups is 2. The van der Waals surface area contributed by atoms with E-state index in [1.165, 1.54) is 31.2 Å². The fourth-order valence-electron chi connectivity index (χ4n) is 3.05. The second kappa shape index (κ2) is 7.14. The number of benzene rings is 1. The molecule has 1 heterocycles. The molecule has 2 aromatic rings. The predicted octanol–water partition coefficient (Wildman–Crippen LogP) is 3.59. The summed E-state index contributed by atoms with van der Waals surface area (Å²) < 4.78 is 10.5. The molecule has 3 rings (SSSR count). The molecule has 0 aliphatic heterocycles. The number of methoxy groups -OCH3 is 2. The van der Waals surface area contributed by atoms with E-state index in [2.05, 4.69) is 5.32 Å². The first-order chi connectivity index (χ1) is 12.0. The highest BCUT2D eigenvalue weighted by Gasteiger charge is 2.23. The largest absolute Gasteiger partial charge is 0.493 e. The number of amides is 1. The van der Waals surface area contributed by atoms with E-state index in [0.717, 1.165) is 31.2 Å². The number of hydrogen-bond acceptors (Lipinski definition) is 5. The molecule has 25 heavy (non-hydrogen) atoms. The van der Waals surface area contributed by atoms with Crippen molar-refractivity contribution in [2.45, 2.75) is 25.7 Å². The van der Waals surface area contributed by atoms with E-state index in [0.29, 0.717) is 11.3 Å². The number of anilines is 1. The summed E-state index contributed by atoms with van der Waals surface area (Å²) in [7, 11) is 2.87. The Balaban J connectivity index is 1.96. The lowest BCUT2D eigenvalue weighted by atomic mass is 9.95. The molecule has 0 spiro atoms. The van der Waals surface area contributed by atoms with Crippen LogP contribution in [0.25, 0.3) is 0 Å². The second-order valence-corrected chi connectivity index (χ2v) is 6.74. The SMILES string of the molecule is COc1cc(C(=O)O)cc(NC(=O)c2csc3c2CCCC3)c1OC. The number of carboxylic acids is 1. The van der Waals surface area contributed by atoms with E-state index >= 15 is 0 Å². The normalized spacial score (nSPS) is 13.0. The third-order valence-corrected chi connectivity index (χ3v) is 5.37. The van der Waals surface area contributed by atoms with E-state index < -0.39 is 5.97 Å². The van der Waals surface area contributed by atoms with Gasteiger partial charge in [0.15, 0.2) is 11.5 Å². The highest BCUT2D eigenvalue weighted by molar-refractivity contribution is 7.10. The number of nitrogens with one attached hydrogen (secondary N) is 1. The maximum absolute atomic E-state index is 12.7. The quantitative estimate of drug-likeness (QED) is 0.850. The van der Waals surface area contributed by atoms with Gasteiger partial charge in [-0.25, -0.2) is 4.79 Å². The lowest BCUT2D eigenvalue weighted by molar-refractivity contribution is 0.0696. The summed E-state index contributed by atoms with van der Waals surface area (Å²) in [4.78, 5) is 25.3. The summed E-state index contributed by atoms with van der Waals surface area (Å²) in [5, 5.41) is 13.9. The summed E-state index contributed by atoms with van der Waals surface area (Å²) in [5.74, 6) is -0.818. The number of carboxylic acid groups (broad SMARTS) is 1. The molecule has 0 fully saturated rings. The zero-order valence-electron chi connectivity index (χ0n) is 14.0. The maximum atomic E-state index is 12.7. The van der Waals surface area contributed by atoms with Gasteiger partial charge in [0.25, 0.3) is 5.91 Å². The van der Waals surface area contributed by atoms with Gasteiger partial charge in [0.1, 0.15) is 0 Å². The smallest absolute Gasteiger partial charge is 0.335 e. The molecule has 7 heteroatoms. The minimum atomic E-state index is -1.11. The number of thiophene rings is 1. The van der Waals surface area contributed by atoms with Crippen LogP contribution in [-0.2, 0) is 12.8 Å².